The molecule has 0 bridgehead atoms. The number of benzene rings is 1. The molecule has 0 unspecified atom stereocenters. The second-order valence-corrected chi connectivity index (χ2v) is 5.30. The van der Waals surface area contributed by atoms with E-state index in [1.807, 2.05) is 6.07 Å². The van der Waals surface area contributed by atoms with Crippen molar-refractivity contribution in [1.82, 2.24) is 14.5 Å². The second kappa shape index (κ2) is 7.14. The van der Waals surface area contributed by atoms with Crippen LogP contribution < -0.4 is 21.3 Å². The number of nitrogens with zero attached hydrogens (tertiary/aromatic N) is 3. The molecular formula is C18H19N5O2. The van der Waals surface area contributed by atoms with Gasteiger partial charge in [0.1, 0.15) is 11.6 Å². The maximum atomic E-state index is 13.1. The molecule has 0 saturated carbocycles. The average Bonchev–Trinajstić information content (AvgIpc) is 2.68. The van der Waals surface area contributed by atoms with Crippen LogP contribution in [0.15, 0.2) is 53.6 Å². The molecule has 0 radical (unpaired) electrons. The van der Waals surface area contributed by atoms with Gasteiger partial charge in [-0.1, -0.05) is 0 Å². The topological polar surface area (TPSA) is 95.1 Å². The van der Waals surface area contributed by atoms with Gasteiger partial charge >= 0.3 is 0 Å². The van der Waals surface area contributed by atoms with E-state index in [0.29, 0.717) is 28.6 Å². The highest BCUT2D eigenvalue weighted by atomic mass is 16.5. The number of pyridine rings is 1. The van der Waals surface area contributed by atoms with Gasteiger partial charge in [-0.15, -0.1) is 0 Å². The smallest absolute Gasteiger partial charge is 0.265 e. The molecule has 128 valence electrons. The summed E-state index contributed by atoms with van der Waals surface area (Å²) in [7, 11) is 3.31. The van der Waals surface area contributed by atoms with E-state index < -0.39 is 0 Å². The first-order valence-electron chi connectivity index (χ1n) is 7.78. The van der Waals surface area contributed by atoms with Crippen LogP contribution in [0.5, 0.6) is 5.75 Å². The van der Waals surface area contributed by atoms with Crippen LogP contribution >= 0.6 is 0 Å². The van der Waals surface area contributed by atoms with Gasteiger partial charge in [0.05, 0.1) is 18.4 Å². The Morgan fingerprint density at radius 1 is 1.24 bits per heavy atom. The van der Waals surface area contributed by atoms with Crippen molar-refractivity contribution in [3.05, 3.63) is 64.7 Å². The number of hydrogen-bond donors (Lipinski definition) is 2. The molecule has 1 aromatic carbocycles. The molecule has 0 aliphatic rings. The van der Waals surface area contributed by atoms with Crippen LogP contribution in [0.25, 0.3) is 17.1 Å². The van der Waals surface area contributed by atoms with Crippen molar-refractivity contribution in [3.8, 4) is 22.8 Å². The highest BCUT2D eigenvalue weighted by Gasteiger charge is 2.17. The predicted octanol–water partition coefficient (Wildman–Crippen LogP) is 1.80. The Hall–Kier alpha value is -3.19. The molecule has 3 N–H and O–H groups in total. The van der Waals surface area contributed by atoms with Crippen LogP contribution in [-0.4, -0.2) is 28.7 Å². The third-order valence-electron chi connectivity index (χ3n) is 3.87. The molecule has 25 heavy (non-hydrogen) atoms. The minimum absolute atomic E-state index is 0.0888. The standard InChI is InChI=1S/C18H19N5O2/c1-20-16-15(10-19)18(24)23(13-5-7-14(25-2)8-6-13)17(22-16)12-4-3-9-21-11-12/h3-9,11,20H,10,19H2,1-2H3. The van der Waals surface area contributed by atoms with Gasteiger partial charge in [0.2, 0.25) is 0 Å². The normalized spacial score (nSPS) is 10.5. The molecule has 2 heterocycles. The SMILES string of the molecule is CNc1nc(-c2cccnc2)n(-c2ccc(OC)cc2)c(=O)c1CN. The Morgan fingerprint density at radius 3 is 2.56 bits per heavy atom. The van der Waals surface area contributed by atoms with Gasteiger partial charge in [0.25, 0.3) is 5.56 Å². The number of nitrogens with one attached hydrogen (secondary N) is 1. The molecule has 7 heteroatoms. The maximum absolute atomic E-state index is 13.1. The first-order valence-corrected chi connectivity index (χ1v) is 7.78. The number of aromatic nitrogens is 3. The highest BCUT2D eigenvalue weighted by Crippen LogP contribution is 2.23. The zero-order valence-corrected chi connectivity index (χ0v) is 14.1. The molecule has 2 aromatic heterocycles. The number of methoxy groups -OCH3 is 1. The minimum atomic E-state index is -0.217. The lowest BCUT2D eigenvalue weighted by Crippen LogP contribution is -2.28. The zero-order valence-electron chi connectivity index (χ0n) is 14.1. The van der Waals surface area contributed by atoms with Crippen LogP contribution in [0.2, 0.25) is 0 Å². The molecule has 7 nitrogen and oxygen atoms in total. The van der Waals surface area contributed by atoms with Crippen LogP contribution in [-0.2, 0) is 6.54 Å². The Balaban J connectivity index is 2.32. The van der Waals surface area contributed by atoms with E-state index in [1.54, 1.807) is 61.5 Å². The van der Waals surface area contributed by atoms with Gasteiger partial charge in [-0.25, -0.2) is 4.98 Å². The zero-order chi connectivity index (χ0) is 17.8. The van der Waals surface area contributed by atoms with Crippen molar-refractivity contribution in [2.75, 3.05) is 19.5 Å². The Morgan fingerprint density at radius 2 is 2.00 bits per heavy atom. The Bertz CT molecular complexity index is 921. The Labute approximate surface area is 145 Å². The number of rotatable bonds is 5. The van der Waals surface area contributed by atoms with Crippen molar-refractivity contribution in [2.24, 2.45) is 5.73 Å². The fourth-order valence-corrected chi connectivity index (χ4v) is 2.61. The molecule has 0 aliphatic heterocycles. The summed E-state index contributed by atoms with van der Waals surface area (Å²) in [5.41, 5.74) is 7.40. The summed E-state index contributed by atoms with van der Waals surface area (Å²) < 4.78 is 6.73. The molecule has 3 rings (SSSR count). The van der Waals surface area contributed by atoms with Crippen molar-refractivity contribution in [1.29, 1.82) is 0 Å². The number of anilines is 1. The summed E-state index contributed by atoms with van der Waals surface area (Å²) in [4.78, 5) is 21.8. The van der Waals surface area contributed by atoms with E-state index in [4.69, 9.17) is 10.5 Å². The summed E-state index contributed by atoms with van der Waals surface area (Å²) >= 11 is 0. The monoisotopic (exact) mass is 337 g/mol. The van der Waals surface area contributed by atoms with E-state index >= 15 is 0 Å². The van der Waals surface area contributed by atoms with Crippen LogP contribution in [0.4, 0.5) is 5.82 Å². The van der Waals surface area contributed by atoms with E-state index in [2.05, 4.69) is 15.3 Å². The van der Waals surface area contributed by atoms with Gasteiger partial charge in [-0.05, 0) is 36.4 Å². The minimum Gasteiger partial charge on any atom is -0.497 e. The summed E-state index contributed by atoms with van der Waals surface area (Å²) in [5, 5.41) is 2.95. The fourth-order valence-electron chi connectivity index (χ4n) is 2.61. The maximum Gasteiger partial charge on any atom is 0.265 e. The fraction of sp³-hybridized carbons (Fsp3) is 0.167. The van der Waals surface area contributed by atoms with Gasteiger partial charge in [0, 0.05) is 31.5 Å². The van der Waals surface area contributed by atoms with Crippen LogP contribution in [0.1, 0.15) is 5.56 Å². The molecule has 3 aromatic rings. The molecule has 0 fully saturated rings. The lowest BCUT2D eigenvalue weighted by molar-refractivity contribution is 0.414. The predicted molar refractivity (Wildman–Crippen MR) is 97.1 cm³/mol. The molecule has 0 aliphatic carbocycles. The van der Waals surface area contributed by atoms with Crippen LogP contribution in [0.3, 0.4) is 0 Å². The van der Waals surface area contributed by atoms with E-state index in [0.717, 1.165) is 5.56 Å². The van der Waals surface area contributed by atoms with Gasteiger partial charge in [-0.3, -0.25) is 14.3 Å². The first kappa shape index (κ1) is 16.7. The van der Waals surface area contributed by atoms with E-state index in [1.165, 1.54) is 0 Å². The lowest BCUT2D eigenvalue weighted by Gasteiger charge is -2.16. The summed E-state index contributed by atoms with van der Waals surface area (Å²) in [6.07, 6.45) is 3.34. The highest BCUT2D eigenvalue weighted by molar-refractivity contribution is 5.61. The molecular weight excluding hydrogens is 318 g/mol. The van der Waals surface area contributed by atoms with E-state index in [9.17, 15) is 4.79 Å². The second-order valence-electron chi connectivity index (χ2n) is 5.30. The van der Waals surface area contributed by atoms with Gasteiger partial charge in [0.15, 0.2) is 5.82 Å². The first-order chi connectivity index (χ1) is 12.2. The summed E-state index contributed by atoms with van der Waals surface area (Å²) in [5.74, 6) is 1.67. The van der Waals surface area contributed by atoms with Gasteiger partial charge < -0.3 is 15.8 Å². The largest absolute Gasteiger partial charge is 0.497 e. The van der Waals surface area contributed by atoms with E-state index in [-0.39, 0.29) is 12.1 Å². The van der Waals surface area contributed by atoms with Crippen molar-refractivity contribution >= 4 is 5.82 Å². The number of hydrogen-bond acceptors (Lipinski definition) is 6. The lowest BCUT2D eigenvalue weighted by atomic mass is 10.2. The quantitative estimate of drug-likeness (QED) is 0.737. The van der Waals surface area contributed by atoms with Gasteiger partial charge in [-0.2, -0.15) is 0 Å². The number of nitrogens with two attached hydrogens (primary N) is 1. The summed E-state index contributed by atoms with van der Waals surface area (Å²) in [6.45, 7) is 0.0888. The average molecular weight is 337 g/mol. The van der Waals surface area contributed by atoms with Crippen molar-refractivity contribution in [3.63, 3.8) is 0 Å². The molecule has 0 saturated heterocycles. The Kier molecular flexibility index (Phi) is 4.76. The van der Waals surface area contributed by atoms with Crippen molar-refractivity contribution < 1.29 is 4.74 Å². The van der Waals surface area contributed by atoms with Crippen molar-refractivity contribution in [2.45, 2.75) is 6.54 Å². The van der Waals surface area contributed by atoms with Crippen LogP contribution in [0, 0.1) is 0 Å². The molecule has 0 spiro atoms. The molecule has 0 atom stereocenters. The molecule has 0 amide bonds. The third-order valence-corrected chi connectivity index (χ3v) is 3.87. The summed E-state index contributed by atoms with van der Waals surface area (Å²) in [6, 6.07) is 10.9. The number of ether oxygens (including phenoxy) is 1. The third kappa shape index (κ3) is 3.09.